The minimum Gasteiger partial charge on any atom is -0.312 e. The number of aromatic nitrogens is 1. The minimum atomic E-state index is 0.305. The van der Waals surface area contributed by atoms with Crippen LogP contribution >= 0.6 is 15.9 Å². The molecule has 0 spiro atoms. The summed E-state index contributed by atoms with van der Waals surface area (Å²) >= 11 is 3.68. The average Bonchev–Trinajstić information content (AvgIpc) is 2.50. The summed E-state index contributed by atoms with van der Waals surface area (Å²) < 4.78 is 1.17. The summed E-state index contributed by atoms with van der Waals surface area (Å²) in [5.41, 5.74) is 4.00. The highest BCUT2D eigenvalue weighted by atomic mass is 79.9. The van der Waals surface area contributed by atoms with Crippen molar-refractivity contribution < 1.29 is 0 Å². The second-order valence-electron chi connectivity index (χ2n) is 5.33. The van der Waals surface area contributed by atoms with Crippen LogP contribution in [0.2, 0.25) is 0 Å². The first-order valence-electron chi connectivity index (χ1n) is 7.16. The van der Waals surface area contributed by atoms with Crippen LogP contribution in [0.15, 0.2) is 47.1 Å². The Kier molecular flexibility index (Phi) is 4.18. The first-order valence-corrected chi connectivity index (χ1v) is 7.96. The van der Waals surface area contributed by atoms with E-state index in [0.717, 1.165) is 6.42 Å². The van der Waals surface area contributed by atoms with Crippen molar-refractivity contribution in [1.29, 1.82) is 0 Å². The molecule has 1 aliphatic rings. The van der Waals surface area contributed by atoms with E-state index in [4.69, 9.17) is 0 Å². The van der Waals surface area contributed by atoms with Crippen molar-refractivity contribution in [1.82, 2.24) is 10.3 Å². The number of likely N-dealkylation sites (N-methyl/N-ethyl adjacent to an activating group) is 1. The molecule has 1 aromatic carbocycles. The summed E-state index contributed by atoms with van der Waals surface area (Å²) in [4.78, 5) is 4.67. The third-order valence-electron chi connectivity index (χ3n) is 4.19. The van der Waals surface area contributed by atoms with E-state index >= 15 is 0 Å². The van der Waals surface area contributed by atoms with Gasteiger partial charge in [0.1, 0.15) is 0 Å². The molecular formula is C17H19BrN2. The molecule has 1 N–H and O–H groups in total. The van der Waals surface area contributed by atoms with Gasteiger partial charge in [-0.1, -0.05) is 40.2 Å². The third kappa shape index (κ3) is 2.52. The van der Waals surface area contributed by atoms with Crippen LogP contribution in [-0.4, -0.2) is 12.0 Å². The molecule has 20 heavy (non-hydrogen) atoms. The molecule has 1 heterocycles. The van der Waals surface area contributed by atoms with E-state index in [9.17, 15) is 0 Å². The Morgan fingerprint density at radius 1 is 1.25 bits per heavy atom. The Morgan fingerprint density at radius 3 is 2.90 bits per heavy atom. The van der Waals surface area contributed by atoms with E-state index in [1.165, 1.54) is 34.1 Å². The second-order valence-corrected chi connectivity index (χ2v) is 6.19. The summed E-state index contributed by atoms with van der Waals surface area (Å²) in [6.07, 6.45) is 5.51. The second kappa shape index (κ2) is 6.06. The van der Waals surface area contributed by atoms with Gasteiger partial charge in [-0.15, -0.1) is 0 Å². The van der Waals surface area contributed by atoms with Crippen molar-refractivity contribution in [3.05, 3.63) is 63.9 Å². The SMILES string of the molecule is CNC(c1ccccc1Br)C1CCCc2cccnc21. The summed E-state index contributed by atoms with van der Waals surface area (Å²) in [6, 6.07) is 13.1. The molecule has 2 unspecified atom stereocenters. The van der Waals surface area contributed by atoms with Gasteiger partial charge in [0.2, 0.25) is 0 Å². The van der Waals surface area contributed by atoms with Crippen LogP contribution in [-0.2, 0) is 6.42 Å². The fourth-order valence-corrected chi connectivity index (χ4v) is 3.80. The maximum absolute atomic E-state index is 4.67. The maximum Gasteiger partial charge on any atom is 0.0485 e. The zero-order chi connectivity index (χ0) is 13.9. The van der Waals surface area contributed by atoms with Gasteiger partial charge in [0, 0.05) is 28.3 Å². The van der Waals surface area contributed by atoms with E-state index in [-0.39, 0.29) is 0 Å². The largest absolute Gasteiger partial charge is 0.312 e. The van der Waals surface area contributed by atoms with Gasteiger partial charge in [-0.25, -0.2) is 0 Å². The number of aryl methyl sites for hydroxylation is 1. The molecule has 0 saturated heterocycles. The normalized spacial score (nSPS) is 19.4. The molecule has 0 radical (unpaired) electrons. The Bertz CT molecular complexity index is 597. The summed E-state index contributed by atoms with van der Waals surface area (Å²) in [7, 11) is 2.04. The van der Waals surface area contributed by atoms with E-state index in [1.807, 2.05) is 19.3 Å². The van der Waals surface area contributed by atoms with Gasteiger partial charge < -0.3 is 5.32 Å². The van der Waals surface area contributed by atoms with Crippen LogP contribution in [0.4, 0.5) is 0 Å². The lowest BCUT2D eigenvalue weighted by Gasteiger charge is -2.32. The molecule has 0 amide bonds. The number of pyridine rings is 1. The van der Waals surface area contributed by atoms with Gasteiger partial charge in [0.05, 0.1) is 0 Å². The quantitative estimate of drug-likeness (QED) is 0.911. The Hall–Kier alpha value is -1.19. The molecule has 0 saturated carbocycles. The van der Waals surface area contributed by atoms with Crippen LogP contribution in [0.25, 0.3) is 0 Å². The van der Waals surface area contributed by atoms with E-state index in [2.05, 4.69) is 56.6 Å². The minimum absolute atomic E-state index is 0.305. The van der Waals surface area contributed by atoms with Gasteiger partial charge in [0.25, 0.3) is 0 Å². The number of nitrogens with zero attached hydrogens (tertiary/aromatic N) is 1. The van der Waals surface area contributed by atoms with Crippen molar-refractivity contribution in [3.8, 4) is 0 Å². The monoisotopic (exact) mass is 330 g/mol. The first-order chi connectivity index (χ1) is 9.81. The molecule has 0 fully saturated rings. The van der Waals surface area contributed by atoms with Gasteiger partial charge in [-0.2, -0.15) is 0 Å². The van der Waals surface area contributed by atoms with E-state index in [0.29, 0.717) is 12.0 Å². The first kappa shape index (κ1) is 13.8. The average molecular weight is 331 g/mol. The summed E-state index contributed by atoms with van der Waals surface area (Å²) in [6.45, 7) is 0. The Morgan fingerprint density at radius 2 is 2.10 bits per heavy atom. The fraction of sp³-hybridized carbons (Fsp3) is 0.353. The van der Waals surface area contributed by atoms with Crippen LogP contribution in [0, 0.1) is 0 Å². The Labute approximate surface area is 128 Å². The van der Waals surface area contributed by atoms with Crippen LogP contribution in [0.3, 0.4) is 0 Å². The third-order valence-corrected chi connectivity index (χ3v) is 4.91. The van der Waals surface area contributed by atoms with Gasteiger partial charge >= 0.3 is 0 Å². The number of hydrogen-bond donors (Lipinski definition) is 1. The lowest BCUT2D eigenvalue weighted by Crippen LogP contribution is -2.27. The van der Waals surface area contributed by atoms with Crippen molar-refractivity contribution in [3.63, 3.8) is 0 Å². The number of fused-ring (bicyclic) bond motifs is 1. The van der Waals surface area contributed by atoms with E-state index < -0.39 is 0 Å². The highest BCUT2D eigenvalue weighted by Gasteiger charge is 2.29. The summed E-state index contributed by atoms with van der Waals surface area (Å²) in [5.74, 6) is 0.448. The van der Waals surface area contributed by atoms with Crippen LogP contribution in [0.1, 0.15) is 41.6 Å². The molecule has 1 aliphatic carbocycles. The lowest BCUT2D eigenvalue weighted by atomic mass is 9.79. The number of benzene rings is 1. The fourth-order valence-electron chi connectivity index (χ4n) is 3.27. The molecule has 3 rings (SSSR count). The highest BCUT2D eigenvalue weighted by Crippen LogP contribution is 2.40. The highest BCUT2D eigenvalue weighted by molar-refractivity contribution is 9.10. The maximum atomic E-state index is 4.67. The molecule has 2 aromatic rings. The molecule has 2 atom stereocenters. The standard InChI is InChI=1S/C17H19BrN2/c1-19-17(13-8-2-3-10-15(13)18)14-9-4-6-12-7-5-11-20-16(12)14/h2-3,5,7-8,10-11,14,17,19H,4,6,9H2,1H3. The van der Waals surface area contributed by atoms with Gasteiger partial charge in [0.15, 0.2) is 0 Å². The predicted octanol–water partition coefficient (Wildman–Crippen LogP) is 4.22. The Balaban J connectivity index is 2.01. The smallest absolute Gasteiger partial charge is 0.0485 e. The zero-order valence-electron chi connectivity index (χ0n) is 11.6. The van der Waals surface area contributed by atoms with Crippen LogP contribution < -0.4 is 5.32 Å². The number of nitrogens with one attached hydrogen (secondary N) is 1. The number of hydrogen-bond acceptors (Lipinski definition) is 2. The van der Waals surface area contributed by atoms with Crippen molar-refractivity contribution in [2.24, 2.45) is 0 Å². The molecular weight excluding hydrogens is 312 g/mol. The molecule has 104 valence electrons. The van der Waals surface area contributed by atoms with Crippen molar-refractivity contribution >= 4 is 15.9 Å². The topological polar surface area (TPSA) is 24.9 Å². The number of rotatable bonds is 3. The molecule has 1 aromatic heterocycles. The van der Waals surface area contributed by atoms with Gasteiger partial charge in [-0.05, 0) is 49.6 Å². The molecule has 0 bridgehead atoms. The molecule has 3 heteroatoms. The van der Waals surface area contributed by atoms with Crippen LogP contribution in [0.5, 0.6) is 0 Å². The predicted molar refractivity (Wildman–Crippen MR) is 85.9 cm³/mol. The lowest BCUT2D eigenvalue weighted by molar-refractivity contribution is 0.415. The zero-order valence-corrected chi connectivity index (χ0v) is 13.2. The van der Waals surface area contributed by atoms with Gasteiger partial charge in [-0.3, -0.25) is 4.98 Å². The van der Waals surface area contributed by atoms with E-state index in [1.54, 1.807) is 0 Å². The molecule has 0 aliphatic heterocycles. The summed E-state index contributed by atoms with van der Waals surface area (Å²) in [5, 5.41) is 3.50. The number of halogens is 1. The van der Waals surface area contributed by atoms with Crippen molar-refractivity contribution in [2.45, 2.75) is 31.2 Å². The molecule has 2 nitrogen and oxygen atoms in total. The van der Waals surface area contributed by atoms with Crippen molar-refractivity contribution in [2.75, 3.05) is 7.05 Å².